The molecule has 0 bridgehead atoms. The molecule has 0 aromatic heterocycles. The second kappa shape index (κ2) is 11.8. The van der Waals surface area contributed by atoms with Crippen LogP contribution in [0.4, 0.5) is 0 Å². The van der Waals surface area contributed by atoms with E-state index in [1.54, 1.807) is 31.9 Å². The van der Waals surface area contributed by atoms with Crippen LogP contribution in [0.3, 0.4) is 0 Å². The molecule has 1 N–H and O–H groups in total. The fourth-order valence-electron chi connectivity index (χ4n) is 4.40. The van der Waals surface area contributed by atoms with E-state index in [4.69, 9.17) is 4.74 Å². The maximum Gasteiger partial charge on any atom is 0.333 e. The lowest BCUT2D eigenvalue weighted by Crippen LogP contribution is -2.60. The molecule has 1 heterocycles. The number of likely N-dealkylation sites (tertiary alicyclic amines) is 1. The zero-order chi connectivity index (χ0) is 24.8. The third-order valence-electron chi connectivity index (χ3n) is 6.35. The van der Waals surface area contributed by atoms with Crippen LogP contribution in [0.2, 0.25) is 0 Å². The molecule has 0 saturated carbocycles. The van der Waals surface area contributed by atoms with Gasteiger partial charge in [-0.05, 0) is 57.5 Å². The van der Waals surface area contributed by atoms with Gasteiger partial charge in [0, 0.05) is 12.6 Å². The Morgan fingerprint density at radius 3 is 2.31 bits per heavy atom. The van der Waals surface area contributed by atoms with E-state index in [0.717, 1.165) is 19.4 Å². The number of ether oxygens (including phenoxy) is 1. The second-order valence-corrected chi connectivity index (χ2v) is 10.6. The molecule has 4 atom stereocenters. The van der Waals surface area contributed by atoms with Crippen LogP contribution in [-0.4, -0.2) is 73.0 Å². The van der Waals surface area contributed by atoms with E-state index in [1.807, 2.05) is 41.7 Å². The fraction of sp³-hybridized carbons (Fsp3) is 0.800. The van der Waals surface area contributed by atoms with Crippen LogP contribution >= 0.6 is 0 Å². The smallest absolute Gasteiger partial charge is 0.333 e. The Balaban J connectivity index is 3.15. The first kappa shape index (κ1) is 28.1. The van der Waals surface area contributed by atoms with Gasteiger partial charge in [-0.15, -0.1) is 0 Å². The average molecular weight is 452 g/mol. The van der Waals surface area contributed by atoms with Crippen LogP contribution in [0.15, 0.2) is 11.6 Å². The molecular weight excluding hydrogens is 406 g/mol. The van der Waals surface area contributed by atoms with Crippen LogP contribution in [0.25, 0.3) is 0 Å². The highest BCUT2D eigenvalue weighted by Gasteiger charge is 2.40. The van der Waals surface area contributed by atoms with Gasteiger partial charge in [-0.2, -0.15) is 0 Å². The Bertz CT molecular complexity index is 686. The minimum absolute atomic E-state index is 0.0779. The van der Waals surface area contributed by atoms with Gasteiger partial charge in [-0.3, -0.25) is 14.5 Å². The van der Waals surface area contributed by atoms with Gasteiger partial charge in [0.05, 0.1) is 18.7 Å². The lowest BCUT2D eigenvalue weighted by molar-refractivity contribution is -0.142. The molecule has 0 aromatic rings. The Morgan fingerprint density at radius 2 is 1.84 bits per heavy atom. The maximum atomic E-state index is 13.6. The summed E-state index contributed by atoms with van der Waals surface area (Å²) in [6, 6.07) is -1.22. The highest BCUT2D eigenvalue weighted by molar-refractivity contribution is 5.91. The van der Waals surface area contributed by atoms with E-state index in [1.165, 1.54) is 0 Å². The number of carbonyl (C=O) groups is 3. The van der Waals surface area contributed by atoms with Crippen molar-refractivity contribution in [2.24, 2.45) is 17.3 Å². The summed E-state index contributed by atoms with van der Waals surface area (Å²) >= 11 is 0. The van der Waals surface area contributed by atoms with E-state index < -0.39 is 11.5 Å². The minimum Gasteiger partial charge on any atom is -0.463 e. The quantitative estimate of drug-likeness (QED) is 0.453. The largest absolute Gasteiger partial charge is 0.463 e. The Labute approximate surface area is 194 Å². The number of amides is 2. The van der Waals surface area contributed by atoms with Crippen molar-refractivity contribution in [1.29, 1.82) is 0 Å². The SMILES string of the molecule is CCOC(=O)C(C)=C[C@H](C(C)C)N(C)C(=O)[C@@H](NC(=O)C1C(C)CCCN1C)C(C)(C)C. The van der Waals surface area contributed by atoms with Crippen molar-refractivity contribution >= 4 is 17.8 Å². The Morgan fingerprint density at radius 1 is 1.25 bits per heavy atom. The van der Waals surface area contributed by atoms with Crippen LogP contribution in [-0.2, 0) is 19.1 Å². The van der Waals surface area contributed by atoms with Crippen molar-refractivity contribution < 1.29 is 19.1 Å². The summed E-state index contributed by atoms with van der Waals surface area (Å²) in [5, 5.41) is 3.07. The number of esters is 1. The third-order valence-corrected chi connectivity index (χ3v) is 6.35. The van der Waals surface area contributed by atoms with Gasteiger partial charge < -0.3 is 15.0 Å². The van der Waals surface area contributed by atoms with Crippen molar-refractivity contribution in [1.82, 2.24) is 15.1 Å². The molecule has 1 aliphatic rings. The fourth-order valence-corrected chi connectivity index (χ4v) is 4.40. The van der Waals surface area contributed by atoms with Gasteiger partial charge in [0.15, 0.2) is 0 Å². The number of likely N-dealkylation sites (N-methyl/N-ethyl adjacent to an activating group) is 2. The second-order valence-electron chi connectivity index (χ2n) is 10.6. The number of hydrogen-bond acceptors (Lipinski definition) is 5. The molecule has 1 rings (SSSR count). The van der Waals surface area contributed by atoms with Crippen LogP contribution < -0.4 is 5.32 Å². The minimum atomic E-state index is -0.680. The average Bonchev–Trinajstić information content (AvgIpc) is 2.67. The molecule has 0 aromatic carbocycles. The summed E-state index contributed by atoms with van der Waals surface area (Å²) < 4.78 is 5.09. The van der Waals surface area contributed by atoms with Crippen LogP contribution in [0, 0.1) is 17.3 Å². The standard InChI is InChI=1S/C25H45N3O4/c1-11-32-24(31)18(5)15-19(16(2)3)28(10)23(30)21(25(6,7)8)26-22(29)20-17(4)13-12-14-27(20)9/h15-17,19-21H,11-14H2,1-10H3,(H,26,29)/t17?,19-,20?,21-/m1/s1. The highest BCUT2D eigenvalue weighted by atomic mass is 16.5. The van der Waals surface area contributed by atoms with E-state index >= 15 is 0 Å². The summed E-state index contributed by atoms with van der Waals surface area (Å²) in [5.41, 5.74) is -0.00182. The lowest BCUT2D eigenvalue weighted by Gasteiger charge is -2.40. The van der Waals surface area contributed by atoms with Gasteiger partial charge in [0.1, 0.15) is 6.04 Å². The monoisotopic (exact) mass is 451 g/mol. The van der Waals surface area contributed by atoms with Crippen molar-refractivity contribution in [3.05, 3.63) is 11.6 Å². The van der Waals surface area contributed by atoms with Gasteiger partial charge in [0.2, 0.25) is 11.8 Å². The number of nitrogens with zero attached hydrogens (tertiary/aromatic N) is 2. The van der Waals surface area contributed by atoms with Crippen LogP contribution in [0.5, 0.6) is 0 Å². The molecule has 0 radical (unpaired) electrons. The molecule has 2 unspecified atom stereocenters. The zero-order valence-corrected chi connectivity index (χ0v) is 21.8. The maximum absolute atomic E-state index is 13.6. The molecule has 7 heteroatoms. The molecular formula is C25H45N3O4. The normalized spacial score (nSPS) is 22.3. The Kier molecular flexibility index (Phi) is 10.4. The number of rotatable bonds is 8. The number of piperidine rings is 1. The summed E-state index contributed by atoms with van der Waals surface area (Å²) in [6.07, 6.45) is 3.87. The molecule has 184 valence electrons. The van der Waals surface area contributed by atoms with E-state index in [-0.39, 0.29) is 41.7 Å². The topological polar surface area (TPSA) is 79.0 Å². The van der Waals surface area contributed by atoms with E-state index in [0.29, 0.717) is 12.2 Å². The summed E-state index contributed by atoms with van der Waals surface area (Å²) in [6.45, 7) is 16.6. The van der Waals surface area contributed by atoms with Crippen LogP contribution in [0.1, 0.15) is 68.2 Å². The molecule has 0 aliphatic carbocycles. The van der Waals surface area contributed by atoms with Gasteiger partial charge in [0.25, 0.3) is 0 Å². The van der Waals surface area contributed by atoms with Crippen molar-refractivity contribution in [3.63, 3.8) is 0 Å². The highest BCUT2D eigenvalue weighted by Crippen LogP contribution is 2.26. The van der Waals surface area contributed by atoms with Crippen molar-refractivity contribution in [2.75, 3.05) is 27.2 Å². The Hall–Kier alpha value is -1.89. The summed E-state index contributed by atoms with van der Waals surface area (Å²) in [7, 11) is 3.71. The first-order chi connectivity index (χ1) is 14.7. The van der Waals surface area contributed by atoms with Crippen molar-refractivity contribution in [2.45, 2.75) is 86.4 Å². The summed E-state index contributed by atoms with van der Waals surface area (Å²) in [4.78, 5) is 42.7. The summed E-state index contributed by atoms with van der Waals surface area (Å²) in [5.74, 6) is -0.326. The lowest BCUT2D eigenvalue weighted by atomic mass is 9.84. The van der Waals surface area contributed by atoms with Crippen molar-refractivity contribution in [3.8, 4) is 0 Å². The molecule has 1 saturated heterocycles. The molecule has 7 nitrogen and oxygen atoms in total. The third kappa shape index (κ3) is 7.32. The number of hydrogen-bond donors (Lipinski definition) is 1. The molecule has 1 aliphatic heterocycles. The molecule has 1 fully saturated rings. The first-order valence-corrected chi connectivity index (χ1v) is 11.8. The predicted molar refractivity (Wildman–Crippen MR) is 128 cm³/mol. The molecule has 0 spiro atoms. The first-order valence-electron chi connectivity index (χ1n) is 11.8. The predicted octanol–water partition coefficient (Wildman–Crippen LogP) is 3.24. The number of carbonyl (C=O) groups excluding carboxylic acids is 3. The number of nitrogens with one attached hydrogen (secondary N) is 1. The van der Waals surface area contributed by atoms with Gasteiger partial charge in [-0.1, -0.05) is 47.6 Å². The van der Waals surface area contributed by atoms with Gasteiger partial charge in [-0.25, -0.2) is 4.79 Å². The zero-order valence-electron chi connectivity index (χ0n) is 21.8. The van der Waals surface area contributed by atoms with E-state index in [9.17, 15) is 14.4 Å². The molecule has 2 amide bonds. The van der Waals surface area contributed by atoms with E-state index in [2.05, 4.69) is 17.1 Å². The molecule has 32 heavy (non-hydrogen) atoms. The van der Waals surface area contributed by atoms with Gasteiger partial charge >= 0.3 is 5.97 Å².